The Bertz CT molecular complexity index is 1230. The van der Waals surface area contributed by atoms with Crippen LogP contribution in [0.1, 0.15) is 15.2 Å². The standard InChI is InChI=1S/C18H16F3N3O4S3/c1-28-16(25)15-13(5-10-29-15)31(26,27)24-8-6-23(7-9-24)17-22-14-11(18(19,20)21)3-2-4-12(14)30-17/h2-5,10H,6-9H2,1H3. The third kappa shape index (κ3) is 4.02. The van der Waals surface area contributed by atoms with Gasteiger partial charge in [0.25, 0.3) is 0 Å². The van der Waals surface area contributed by atoms with Crippen molar-refractivity contribution in [3.63, 3.8) is 0 Å². The van der Waals surface area contributed by atoms with Gasteiger partial charge in [-0.05, 0) is 23.6 Å². The van der Waals surface area contributed by atoms with Crippen molar-refractivity contribution < 1.29 is 31.1 Å². The molecule has 0 aliphatic carbocycles. The van der Waals surface area contributed by atoms with Crippen LogP contribution < -0.4 is 4.90 Å². The fraction of sp³-hybridized carbons (Fsp3) is 0.333. The predicted molar refractivity (Wildman–Crippen MR) is 111 cm³/mol. The number of thiazole rings is 1. The van der Waals surface area contributed by atoms with Crippen LogP contribution in [0.4, 0.5) is 18.3 Å². The number of alkyl halides is 3. The maximum Gasteiger partial charge on any atom is 0.418 e. The average Bonchev–Trinajstić information content (AvgIpc) is 3.39. The number of benzene rings is 1. The van der Waals surface area contributed by atoms with Gasteiger partial charge in [-0.15, -0.1) is 11.3 Å². The summed E-state index contributed by atoms with van der Waals surface area (Å²) in [5.41, 5.74) is -0.896. The van der Waals surface area contributed by atoms with E-state index in [0.29, 0.717) is 9.83 Å². The fourth-order valence-corrected chi connectivity index (χ4v) is 7.08. The molecule has 0 radical (unpaired) electrons. The predicted octanol–water partition coefficient (Wildman–Crippen LogP) is 3.67. The van der Waals surface area contributed by atoms with Crippen LogP contribution in [-0.4, -0.2) is 57.0 Å². The lowest BCUT2D eigenvalue weighted by molar-refractivity contribution is -0.136. The van der Waals surface area contributed by atoms with Gasteiger partial charge < -0.3 is 9.64 Å². The summed E-state index contributed by atoms with van der Waals surface area (Å²) in [6.45, 7) is 0.748. The van der Waals surface area contributed by atoms with E-state index in [-0.39, 0.29) is 41.5 Å². The van der Waals surface area contributed by atoms with E-state index in [2.05, 4.69) is 9.72 Å². The van der Waals surface area contributed by atoms with Gasteiger partial charge in [-0.2, -0.15) is 17.5 Å². The molecule has 3 heterocycles. The average molecular weight is 492 g/mol. The highest BCUT2D eigenvalue weighted by molar-refractivity contribution is 7.89. The Balaban J connectivity index is 1.54. The second-order valence-corrected chi connectivity index (χ2v) is 10.5. The summed E-state index contributed by atoms with van der Waals surface area (Å²) in [6.07, 6.45) is -4.50. The van der Waals surface area contributed by atoms with E-state index < -0.39 is 27.7 Å². The molecule has 0 amide bonds. The van der Waals surface area contributed by atoms with Gasteiger partial charge in [0.2, 0.25) is 10.0 Å². The van der Waals surface area contributed by atoms with Crippen LogP contribution in [0.15, 0.2) is 34.5 Å². The number of thiophene rings is 1. The third-order valence-electron chi connectivity index (χ3n) is 4.84. The molecule has 1 aromatic carbocycles. The highest BCUT2D eigenvalue weighted by Gasteiger charge is 2.36. The molecule has 0 N–H and O–H groups in total. The molecule has 0 atom stereocenters. The number of para-hydroxylation sites is 1. The topological polar surface area (TPSA) is 79.8 Å². The van der Waals surface area contributed by atoms with Gasteiger partial charge in [0.15, 0.2) is 5.13 Å². The second-order valence-electron chi connectivity index (χ2n) is 6.64. The number of methoxy groups -OCH3 is 1. The van der Waals surface area contributed by atoms with Crippen LogP contribution in [0.2, 0.25) is 0 Å². The smallest absolute Gasteiger partial charge is 0.418 e. The molecule has 1 aliphatic rings. The largest absolute Gasteiger partial charge is 0.465 e. The number of rotatable bonds is 4. The SMILES string of the molecule is COC(=O)c1sccc1S(=O)(=O)N1CCN(c2nc3c(C(F)(F)F)cccc3s2)CC1. The Morgan fingerprint density at radius 3 is 2.52 bits per heavy atom. The Labute approximate surface area is 183 Å². The Morgan fingerprint density at radius 2 is 1.87 bits per heavy atom. The number of hydrogen-bond donors (Lipinski definition) is 0. The molecule has 1 fully saturated rings. The maximum absolute atomic E-state index is 13.2. The molecule has 1 saturated heterocycles. The lowest BCUT2D eigenvalue weighted by Crippen LogP contribution is -2.48. The Hall–Kier alpha value is -2.22. The first kappa shape index (κ1) is 22.0. The molecule has 13 heteroatoms. The van der Waals surface area contributed by atoms with Crippen LogP contribution in [0, 0.1) is 0 Å². The summed E-state index contributed by atoms with van der Waals surface area (Å²) in [7, 11) is -2.73. The minimum Gasteiger partial charge on any atom is -0.465 e. The number of carbonyl (C=O) groups excluding carboxylic acids is 1. The number of carbonyl (C=O) groups is 1. The van der Waals surface area contributed by atoms with Crippen LogP contribution in [0.5, 0.6) is 0 Å². The number of hydrogen-bond acceptors (Lipinski definition) is 8. The van der Waals surface area contributed by atoms with Crippen molar-refractivity contribution in [2.75, 3.05) is 38.2 Å². The molecule has 1 aliphatic heterocycles. The number of sulfonamides is 1. The van der Waals surface area contributed by atoms with E-state index in [1.54, 1.807) is 11.0 Å². The van der Waals surface area contributed by atoms with Gasteiger partial charge in [0.1, 0.15) is 9.77 Å². The molecule has 3 aromatic rings. The zero-order chi connectivity index (χ0) is 22.4. The molecule has 4 rings (SSSR count). The van der Waals surface area contributed by atoms with Gasteiger partial charge in [-0.25, -0.2) is 18.2 Å². The molecule has 7 nitrogen and oxygen atoms in total. The lowest BCUT2D eigenvalue weighted by atomic mass is 10.2. The van der Waals surface area contributed by atoms with Crippen LogP contribution >= 0.6 is 22.7 Å². The molecule has 0 bridgehead atoms. The monoisotopic (exact) mass is 491 g/mol. The number of fused-ring (bicyclic) bond motifs is 1. The summed E-state index contributed by atoms with van der Waals surface area (Å²) >= 11 is 2.12. The van der Waals surface area contributed by atoms with Gasteiger partial charge in [0.05, 0.1) is 22.9 Å². The van der Waals surface area contributed by atoms with Crippen LogP contribution in [0.25, 0.3) is 10.2 Å². The molecule has 31 heavy (non-hydrogen) atoms. The minimum atomic E-state index is -4.50. The van der Waals surface area contributed by atoms with E-state index in [9.17, 15) is 26.4 Å². The maximum atomic E-state index is 13.2. The number of halogens is 3. The number of anilines is 1. The van der Waals surface area contributed by atoms with Crippen molar-refractivity contribution in [3.8, 4) is 0 Å². The summed E-state index contributed by atoms with van der Waals surface area (Å²) in [5, 5.41) is 1.92. The quantitative estimate of drug-likeness (QED) is 0.518. The number of esters is 1. The molecular weight excluding hydrogens is 475 g/mol. The van der Waals surface area contributed by atoms with Gasteiger partial charge >= 0.3 is 12.1 Å². The van der Waals surface area contributed by atoms with Gasteiger partial charge in [-0.3, -0.25) is 0 Å². The van der Waals surface area contributed by atoms with Crippen molar-refractivity contribution in [1.29, 1.82) is 0 Å². The first-order chi connectivity index (χ1) is 14.6. The minimum absolute atomic E-state index is 0.00998. The summed E-state index contributed by atoms with van der Waals surface area (Å²) in [4.78, 5) is 17.7. The number of aromatic nitrogens is 1. The summed E-state index contributed by atoms with van der Waals surface area (Å²) < 4.78 is 72.1. The van der Waals surface area contributed by atoms with Gasteiger partial charge in [0, 0.05) is 26.2 Å². The first-order valence-electron chi connectivity index (χ1n) is 9.00. The first-order valence-corrected chi connectivity index (χ1v) is 12.1. The summed E-state index contributed by atoms with van der Waals surface area (Å²) in [5.74, 6) is -0.720. The number of piperazine rings is 1. The van der Waals surface area contributed by atoms with Crippen LogP contribution in [0.3, 0.4) is 0 Å². The van der Waals surface area contributed by atoms with E-state index in [4.69, 9.17) is 0 Å². The number of nitrogens with zero attached hydrogens (tertiary/aromatic N) is 3. The zero-order valence-electron chi connectivity index (χ0n) is 16.0. The Morgan fingerprint density at radius 1 is 1.16 bits per heavy atom. The van der Waals surface area contributed by atoms with Gasteiger partial charge in [-0.1, -0.05) is 17.4 Å². The van der Waals surface area contributed by atoms with E-state index in [1.807, 2.05) is 0 Å². The van der Waals surface area contributed by atoms with Crippen molar-refractivity contribution >= 4 is 54.0 Å². The lowest BCUT2D eigenvalue weighted by Gasteiger charge is -2.33. The van der Waals surface area contributed by atoms with Crippen molar-refractivity contribution in [3.05, 3.63) is 40.1 Å². The van der Waals surface area contributed by atoms with Crippen LogP contribution in [-0.2, 0) is 20.9 Å². The third-order valence-corrected chi connectivity index (χ3v) is 8.89. The fourth-order valence-electron chi connectivity index (χ4n) is 3.30. The van der Waals surface area contributed by atoms with Crippen molar-refractivity contribution in [2.45, 2.75) is 11.1 Å². The molecule has 0 spiro atoms. The normalized spacial score (nSPS) is 16.1. The molecule has 2 aromatic heterocycles. The number of ether oxygens (including phenoxy) is 1. The second kappa shape index (κ2) is 8.04. The van der Waals surface area contributed by atoms with Crippen molar-refractivity contribution in [2.24, 2.45) is 0 Å². The molecule has 166 valence electrons. The van der Waals surface area contributed by atoms with E-state index in [1.165, 1.54) is 28.9 Å². The van der Waals surface area contributed by atoms with E-state index >= 15 is 0 Å². The molecule has 0 saturated carbocycles. The summed E-state index contributed by atoms with van der Waals surface area (Å²) in [6, 6.07) is 5.29. The highest BCUT2D eigenvalue weighted by Crippen LogP contribution is 2.38. The molecular formula is C18H16F3N3O4S3. The highest BCUT2D eigenvalue weighted by atomic mass is 32.2. The Kier molecular flexibility index (Phi) is 5.70. The zero-order valence-corrected chi connectivity index (χ0v) is 18.5. The molecule has 0 unspecified atom stereocenters. The van der Waals surface area contributed by atoms with Crippen molar-refractivity contribution in [1.82, 2.24) is 9.29 Å². The van der Waals surface area contributed by atoms with E-state index in [0.717, 1.165) is 28.7 Å².